The van der Waals surface area contributed by atoms with Gasteiger partial charge in [0.25, 0.3) is 5.91 Å². The maximum atomic E-state index is 12.4. The Balaban J connectivity index is 1.92. The van der Waals surface area contributed by atoms with E-state index in [9.17, 15) is 4.79 Å². The van der Waals surface area contributed by atoms with Crippen LogP contribution >= 0.6 is 0 Å². The van der Waals surface area contributed by atoms with Gasteiger partial charge in [0.15, 0.2) is 0 Å². The van der Waals surface area contributed by atoms with E-state index in [0.29, 0.717) is 11.6 Å². The minimum atomic E-state index is 0.0337. The molecule has 0 aliphatic carbocycles. The van der Waals surface area contributed by atoms with Crippen molar-refractivity contribution in [1.29, 1.82) is 0 Å². The molecule has 0 saturated carbocycles. The van der Waals surface area contributed by atoms with Crippen LogP contribution in [0, 0.1) is 0 Å². The van der Waals surface area contributed by atoms with Gasteiger partial charge in [0.2, 0.25) is 0 Å². The lowest BCUT2D eigenvalue weighted by Crippen LogP contribution is -2.51. The fourth-order valence-corrected chi connectivity index (χ4v) is 2.29. The Morgan fingerprint density at radius 1 is 1.50 bits per heavy atom. The van der Waals surface area contributed by atoms with E-state index in [2.05, 4.69) is 22.3 Å². The molecule has 1 aliphatic heterocycles. The molecule has 1 fully saturated rings. The van der Waals surface area contributed by atoms with Crippen LogP contribution in [0.2, 0.25) is 0 Å². The molecule has 3 rings (SSSR count). The summed E-state index contributed by atoms with van der Waals surface area (Å²) in [5.41, 5.74) is 1.38. The van der Waals surface area contributed by atoms with E-state index in [0.717, 1.165) is 25.2 Å². The van der Waals surface area contributed by atoms with E-state index in [4.69, 9.17) is 0 Å². The van der Waals surface area contributed by atoms with Crippen molar-refractivity contribution in [3.8, 4) is 0 Å². The van der Waals surface area contributed by atoms with Gasteiger partial charge in [-0.2, -0.15) is 5.10 Å². The zero-order valence-corrected chi connectivity index (χ0v) is 10.2. The summed E-state index contributed by atoms with van der Waals surface area (Å²) in [6.45, 7) is 4.39. The van der Waals surface area contributed by atoms with Gasteiger partial charge in [-0.15, -0.1) is 0 Å². The van der Waals surface area contributed by atoms with E-state index in [1.54, 1.807) is 29.3 Å². The third-order valence-electron chi connectivity index (χ3n) is 3.21. The second kappa shape index (κ2) is 4.38. The number of hydrogen-bond acceptors (Lipinski definition) is 4. The van der Waals surface area contributed by atoms with Crippen molar-refractivity contribution in [3.05, 3.63) is 30.4 Å². The fourth-order valence-electron chi connectivity index (χ4n) is 2.29. The van der Waals surface area contributed by atoms with Crippen LogP contribution in [0.1, 0.15) is 17.3 Å². The minimum absolute atomic E-state index is 0.0337. The number of aromatic nitrogens is 3. The highest BCUT2D eigenvalue weighted by Gasteiger charge is 2.23. The first-order valence-electron chi connectivity index (χ1n) is 6.06. The number of carbonyl (C=O) groups excluding carboxylic acids is 1. The molecule has 0 bridgehead atoms. The van der Waals surface area contributed by atoms with Crippen molar-refractivity contribution in [1.82, 2.24) is 24.8 Å². The van der Waals surface area contributed by atoms with Crippen molar-refractivity contribution < 1.29 is 4.79 Å². The molecule has 2 aromatic heterocycles. The highest BCUT2D eigenvalue weighted by Crippen LogP contribution is 2.13. The largest absolute Gasteiger partial charge is 0.336 e. The van der Waals surface area contributed by atoms with Gasteiger partial charge in [0.1, 0.15) is 0 Å². The smallest absolute Gasteiger partial charge is 0.257 e. The lowest BCUT2D eigenvalue weighted by Gasteiger charge is -2.31. The Morgan fingerprint density at radius 3 is 3.22 bits per heavy atom. The molecule has 3 heterocycles. The van der Waals surface area contributed by atoms with E-state index in [1.165, 1.54) is 0 Å². The van der Waals surface area contributed by atoms with Crippen LogP contribution in [-0.2, 0) is 0 Å². The second-order valence-corrected chi connectivity index (χ2v) is 4.57. The molecule has 18 heavy (non-hydrogen) atoms. The van der Waals surface area contributed by atoms with Crippen LogP contribution in [0.25, 0.3) is 5.52 Å². The summed E-state index contributed by atoms with van der Waals surface area (Å²) in [6.07, 6.45) is 6.69. The number of nitrogens with zero attached hydrogens (tertiary/aromatic N) is 4. The van der Waals surface area contributed by atoms with Crippen LogP contribution in [0.15, 0.2) is 24.8 Å². The number of carbonyl (C=O) groups is 1. The molecule has 6 nitrogen and oxygen atoms in total. The number of piperazine rings is 1. The Hall–Kier alpha value is -1.95. The summed E-state index contributed by atoms with van der Waals surface area (Å²) in [5, 5.41) is 7.49. The van der Waals surface area contributed by atoms with E-state index in [-0.39, 0.29) is 5.91 Å². The molecule has 1 unspecified atom stereocenters. The van der Waals surface area contributed by atoms with Gasteiger partial charge in [0, 0.05) is 38.1 Å². The Bertz CT molecular complexity index is 579. The van der Waals surface area contributed by atoms with E-state index in [1.807, 2.05) is 4.90 Å². The van der Waals surface area contributed by atoms with Crippen molar-refractivity contribution in [2.45, 2.75) is 13.0 Å². The Morgan fingerprint density at radius 2 is 2.39 bits per heavy atom. The molecular formula is C12H15N5O. The molecule has 1 atom stereocenters. The Kier molecular flexibility index (Phi) is 2.71. The SMILES string of the molecule is CC1CN(C(=O)c2cnn3ccncc23)CCN1. The summed E-state index contributed by atoms with van der Waals surface area (Å²) in [6, 6.07) is 0.336. The zero-order valence-electron chi connectivity index (χ0n) is 10.2. The average molecular weight is 245 g/mol. The molecule has 2 aromatic rings. The van der Waals surface area contributed by atoms with Crippen molar-refractivity contribution in [2.75, 3.05) is 19.6 Å². The first kappa shape index (κ1) is 11.2. The standard InChI is InChI=1S/C12H15N5O/c1-9-8-16(4-3-14-9)12(18)10-6-15-17-5-2-13-7-11(10)17/h2,5-7,9,14H,3-4,8H2,1H3. The predicted octanol–water partition coefficient (Wildman–Crippen LogP) is 0.163. The number of rotatable bonds is 1. The Labute approximate surface area is 105 Å². The van der Waals surface area contributed by atoms with Crippen LogP contribution < -0.4 is 5.32 Å². The average Bonchev–Trinajstić information content (AvgIpc) is 2.82. The summed E-state index contributed by atoms with van der Waals surface area (Å²) in [4.78, 5) is 18.3. The lowest BCUT2D eigenvalue weighted by molar-refractivity contribution is 0.0711. The van der Waals surface area contributed by atoms with Gasteiger partial charge in [-0.25, -0.2) is 4.52 Å². The molecule has 1 N–H and O–H groups in total. The van der Waals surface area contributed by atoms with Gasteiger partial charge >= 0.3 is 0 Å². The van der Waals surface area contributed by atoms with E-state index >= 15 is 0 Å². The van der Waals surface area contributed by atoms with Gasteiger partial charge in [0.05, 0.1) is 23.5 Å². The van der Waals surface area contributed by atoms with Crippen LogP contribution in [0.3, 0.4) is 0 Å². The summed E-state index contributed by atoms with van der Waals surface area (Å²) < 4.78 is 1.67. The summed E-state index contributed by atoms with van der Waals surface area (Å²) >= 11 is 0. The van der Waals surface area contributed by atoms with Crippen LogP contribution in [0.5, 0.6) is 0 Å². The topological polar surface area (TPSA) is 62.5 Å². The summed E-state index contributed by atoms with van der Waals surface area (Å²) in [5.74, 6) is 0.0337. The van der Waals surface area contributed by atoms with Crippen molar-refractivity contribution in [2.24, 2.45) is 0 Å². The minimum Gasteiger partial charge on any atom is -0.336 e. The fraction of sp³-hybridized carbons (Fsp3) is 0.417. The third-order valence-corrected chi connectivity index (χ3v) is 3.21. The molecular weight excluding hydrogens is 230 g/mol. The quantitative estimate of drug-likeness (QED) is 0.777. The molecule has 94 valence electrons. The lowest BCUT2D eigenvalue weighted by atomic mass is 10.2. The molecule has 1 saturated heterocycles. The first-order valence-corrected chi connectivity index (χ1v) is 6.06. The number of fused-ring (bicyclic) bond motifs is 1. The molecule has 1 aliphatic rings. The van der Waals surface area contributed by atoms with Gasteiger partial charge in [-0.1, -0.05) is 0 Å². The highest BCUT2D eigenvalue weighted by atomic mass is 16.2. The predicted molar refractivity (Wildman–Crippen MR) is 66.4 cm³/mol. The zero-order chi connectivity index (χ0) is 12.5. The molecule has 0 spiro atoms. The van der Waals surface area contributed by atoms with Gasteiger partial charge in [-0.05, 0) is 6.92 Å². The summed E-state index contributed by atoms with van der Waals surface area (Å²) in [7, 11) is 0. The molecule has 0 aromatic carbocycles. The highest BCUT2D eigenvalue weighted by molar-refractivity contribution is 6.00. The van der Waals surface area contributed by atoms with Crippen molar-refractivity contribution >= 4 is 11.4 Å². The molecule has 1 amide bonds. The number of nitrogens with one attached hydrogen (secondary N) is 1. The normalized spacial score (nSPS) is 20.3. The monoisotopic (exact) mass is 245 g/mol. The maximum Gasteiger partial charge on any atom is 0.257 e. The molecule has 6 heteroatoms. The second-order valence-electron chi connectivity index (χ2n) is 4.57. The van der Waals surface area contributed by atoms with Crippen LogP contribution in [0.4, 0.5) is 0 Å². The molecule has 0 radical (unpaired) electrons. The van der Waals surface area contributed by atoms with Crippen molar-refractivity contribution in [3.63, 3.8) is 0 Å². The number of amides is 1. The van der Waals surface area contributed by atoms with Gasteiger partial charge < -0.3 is 10.2 Å². The third kappa shape index (κ3) is 1.84. The van der Waals surface area contributed by atoms with Gasteiger partial charge in [-0.3, -0.25) is 9.78 Å². The maximum absolute atomic E-state index is 12.4. The van der Waals surface area contributed by atoms with E-state index < -0.39 is 0 Å². The first-order chi connectivity index (χ1) is 8.75. The number of hydrogen-bond donors (Lipinski definition) is 1. The van der Waals surface area contributed by atoms with Crippen LogP contribution in [-0.4, -0.2) is 51.1 Å².